The second kappa shape index (κ2) is 9.67. The number of nitrogens with zero attached hydrogens (tertiary/aromatic N) is 2. The summed E-state index contributed by atoms with van der Waals surface area (Å²) < 4.78 is 27.4. The zero-order valence-corrected chi connectivity index (χ0v) is 19.3. The van der Waals surface area contributed by atoms with Crippen LogP contribution in [0.5, 0.6) is 0 Å². The molecule has 0 spiro atoms. The highest BCUT2D eigenvalue weighted by molar-refractivity contribution is 7.89. The lowest BCUT2D eigenvalue weighted by molar-refractivity contribution is -0.116. The van der Waals surface area contributed by atoms with Crippen LogP contribution in [-0.4, -0.2) is 43.0 Å². The number of ketones is 1. The van der Waals surface area contributed by atoms with Crippen LogP contribution in [0.3, 0.4) is 0 Å². The number of amides is 1. The molecule has 1 aromatic heterocycles. The van der Waals surface area contributed by atoms with Gasteiger partial charge in [0.15, 0.2) is 10.9 Å². The molecule has 7 nitrogen and oxygen atoms in total. The molecule has 0 atom stereocenters. The smallest absolute Gasteiger partial charge is 0.243 e. The lowest BCUT2D eigenvalue weighted by Gasteiger charge is -2.16. The molecule has 0 aliphatic heterocycles. The number of likely N-dealkylation sites (N-methyl/N-ethyl adjacent to an activating group) is 1. The lowest BCUT2D eigenvalue weighted by Crippen LogP contribution is -2.34. The van der Waals surface area contributed by atoms with Crippen molar-refractivity contribution in [1.29, 1.82) is 0 Å². The largest absolute Gasteiger partial charge is 0.301 e. The van der Waals surface area contributed by atoms with Gasteiger partial charge in [0, 0.05) is 12.6 Å². The minimum absolute atomic E-state index is 0.0207. The Morgan fingerprint density at radius 3 is 2.48 bits per heavy atom. The first-order chi connectivity index (χ1) is 14.7. The van der Waals surface area contributed by atoms with E-state index in [1.54, 1.807) is 0 Å². The fourth-order valence-corrected chi connectivity index (χ4v) is 5.12. The van der Waals surface area contributed by atoms with Gasteiger partial charge in [-0.1, -0.05) is 42.9 Å². The predicted octanol–water partition coefficient (Wildman–Crippen LogP) is 4.10. The van der Waals surface area contributed by atoms with E-state index in [0.717, 1.165) is 33.8 Å². The Balaban J connectivity index is 1.67. The van der Waals surface area contributed by atoms with Gasteiger partial charge >= 0.3 is 0 Å². The van der Waals surface area contributed by atoms with E-state index >= 15 is 0 Å². The van der Waals surface area contributed by atoms with Crippen molar-refractivity contribution in [3.63, 3.8) is 0 Å². The number of hydrogen-bond donors (Lipinski definition) is 1. The molecule has 0 aliphatic carbocycles. The molecule has 0 radical (unpaired) electrons. The van der Waals surface area contributed by atoms with Gasteiger partial charge < -0.3 is 5.32 Å². The number of aromatic nitrogens is 1. The van der Waals surface area contributed by atoms with E-state index in [4.69, 9.17) is 0 Å². The Morgan fingerprint density at radius 1 is 1.13 bits per heavy atom. The van der Waals surface area contributed by atoms with E-state index in [-0.39, 0.29) is 17.2 Å². The standard InChI is InChI=1S/C22H25N3O4S2/c1-4-5-6-16-7-12-19-20(13-16)30-22(23-19)24-21(27)14-25(3)31(28,29)18-10-8-17(9-11-18)15(2)26/h7-13H,4-6,14H2,1-3H3,(H,23,24,27). The van der Waals surface area contributed by atoms with Gasteiger partial charge in [-0.2, -0.15) is 4.31 Å². The van der Waals surface area contributed by atoms with E-state index in [9.17, 15) is 18.0 Å². The zero-order chi connectivity index (χ0) is 22.6. The third kappa shape index (κ3) is 5.55. The van der Waals surface area contributed by atoms with Gasteiger partial charge in [0.2, 0.25) is 15.9 Å². The summed E-state index contributed by atoms with van der Waals surface area (Å²) in [6, 6.07) is 11.7. The third-order valence-corrected chi connectivity index (χ3v) is 7.60. The summed E-state index contributed by atoms with van der Waals surface area (Å²) in [7, 11) is -2.52. The van der Waals surface area contributed by atoms with Crippen LogP contribution in [0.25, 0.3) is 10.2 Å². The van der Waals surface area contributed by atoms with Crippen molar-refractivity contribution in [3.05, 3.63) is 53.6 Å². The van der Waals surface area contributed by atoms with Crippen molar-refractivity contribution < 1.29 is 18.0 Å². The fraction of sp³-hybridized carbons (Fsp3) is 0.318. The number of nitrogens with one attached hydrogen (secondary N) is 1. The van der Waals surface area contributed by atoms with Crippen molar-refractivity contribution in [2.75, 3.05) is 18.9 Å². The maximum absolute atomic E-state index is 12.7. The van der Waals surface area contributed by atoms with Gasteiger partial charge in [-0.15, -0.1) is 0 Å². The molecular weight excluding hydrogens is 434 g/mol. The molecule has 1 heterocycles. The van der Waals surface area contributed by atoms with Crippen LogP contribution in [0.2, 0.25) is 0 Å². The van der Waals surface area contributed by atoms with Crippen LogP contribution in [-0.2, 0) is 21.2 Å². The molecule has 1 N–H and O–H groups in total. The van der Waals surface area contributed by atoms with Crippen molar-refractivity contribution in [1.82, 2.24) is 9.29 Å². The molecule has 0 bridgehead atoms. The Morgan fingerprint density at radius 2 is 1.84 bits per heavy atom. The summed E-state index contributed by atoms with van der Waals surface area (Å²) in [6.45, 7) is 3.21. The van der Waals surface area contributed by atoms with Crippen LogP contribution in [0.1, 0.15) is 42.6 Å². The molecule has 9 heteroatoms. The van der Waals surface area contributed by atoms with E-state index in [1.165, 1.54) is 55.1 Å². The Hall–Kier alpha value is -2.62. The van der Waals surface area contributed by atoms with Crippen molar-refractivity contribution in [2.24, 2.45) is 0 Å². The van der Waals surface area contributed by atoms with Gasteiger partial charge in [0.1, 0.15) is 0 Å². The number of fused-ring (bicyclic) bond motifs is 1. The molecule has 3 aromatic rings. The van der Waals surface area contributed by atoms with Gasteiger partial charge in [-0.05, 0) is 49.6 Å². The molecule has 0 saturated carbocycles. The molecule has 1 amide bonds. The molecule has 0 aliphatic rings. The molecule has 0 saturated heterocycles. The van der Waals surface area contributed by atoms with Crippen LogP contribution in [0, 0.1) is 0 Å². The number of thiazole rings is 1. The molecule has 2 aromatic carbocycles. The van der Waals surface area contributed by atoms with Crippen molar-refractivity contribution >= 4 is 48.4 Å². The number of rotatable bonds is 9. The summed E-state index contributed by atoms with van der Waals surface area (Å²) >= 11 is 1.37. The maximum atomic E-state index is 12.7. The first-order valence-corrected chi connectivity index (χ1v) is 12.2. The van der Waals surface area contributed by atoms with Crippen LogP contribution in [0.15, 0.2) is 47.4 Å². The first kappa shape index (κ1) is 23.1. The summed E-state index contributed by atoms with van der Waals surface area (Å²) in [5, 5.41) is 3.12. The highest BCUT2D eigenvalue weighted by Gasteiger charge is 2.23. The summed E-state index contributed by atoms with van der Waals surface area (Å²) in [6.07, 6.45) is 3.24. The highest BCUT2D eigenvalue weighted by Crippen LogP contribution is 2.27. The topological polar surface area (TPSA) is 96.4 Å². The molecule has 3 rings (SSSR count). The Kier molecular flexibility index (Phi) is 7.19. The van der Waals surface area contributed by atoms with Gasteiger partial charge in [-0.25, -0.2) is 13.4 Å². The number of hydrogen-bond acceptors (Lipinski definition) is 6. The van der Waals surface area contributed by atoms with Gasteiger partial charge in [0.25, 0.3) is 0 Å². The number of aryl methyl sites for hydroxylation is 1. The number of benzene rings is 2. The number of anilines is 1. The molecule has 0 unspecified atom stereocenters. The van der Waals surface area contributed by atoms with Gasteiger partial charge in [0.05, 0.1) is 21.7 Å². The second-order valence-corrected chi connectivity index (χ2v) is 10.4. The Labute approximate surface area is 186 Å². The minimum Gasteiger partial charge on any atom is -0.301 e. The number of carbonyl (C=O) groups excluding carboxylic acids is 2. The molecule has 0 fully saturated rings. The maximum Gasteiger partial charge on any atom is 0.243 e. The monoisotopic (exact) mass is 459 g/mol. The van der Waals surface area contributed by atoms with E-state index in [2.05, 4.69) is 23.3 Å². The van der Waals surface area contributed by atoms with Gasteiger partial charge in [-0.3, -0.25) is 9.59 Å². The van der Waals surface area contributed by atoms with Crippen LogP contribution in [0.4, 0.5) is 5.13 Å². The average Bonchev–Trinajstić information content (AvgIpc) is 3.13. The van der Waals surface area contributed by atoms with E-state index in [1.807, 2.05) is 12.1 Å². The first-order valence-electron chi connectivity index (χ1n) is 9.97. The van der Waals surface area contributed by atoms with E-state index in [0.29, 0.717) is 10.7 Å². The molecule has 31 heavy (non-hydrogen) atoms. The highest BCUT2D eigenvalue weighted by atomic mass is 32.2. The van der Waals surface area contributed by atoms with Crippen LogP contribution < -0.4 is 5.32 Å². The summed E-state index contributed by atoms with van der Waals surface area (Å²) in [5.41, 5.74) is 2.46. The fourth-order valence-electron chi connectivity index (χ4n) is 3.05. The van der Waals surface area contributed by atoms with E-state index < -0.39 is 15.9 Å². The van der Waals surface area contributed by atoms with Crippen molar-refractivity contribution in [2.45, 2.75) is 38.0 Å². The minimum atomic E-state index is -3.86. The predicted molar refractivity (Wildman–Crippen MR) is 123 cm³/mol. The number of carbonyl (C=O) groups is 2. The number of sulfonamides is 1. The average molecular weight is 460 g/mol. The Bertz CT molecular complexity index is 1200. The second-order valence-electron chi connectivity index (χ2n) is 7.31. The SMILES string of the molecule is CCCCc1ccc2nc(NC(=O)CN(C)S(=O)(=O)c3ccc(C(C)=O)cc3)sc2c1. The lowest BCUT2D eigenvalue weighted by atomic mass is 10.1. The summed E-state index contributed by atoms with van der Waals surface area (Å²) in [5.74, 6) is -0.623. The van der Waals surface area contributed by atoms with Crippen LogP contribution >= 0.6 is 11.3 Å². The number of Topliss-reactive ketones (excluding diaryl/α,β-unsaturated/α-hetero) is 1. The quantitative estimate of drug-likeness (QED) is 0.486. The molecule has 164 valence electrons. The zero-order valence-electron chi connectivity index (χ0n) is 17.7. The molecular formula is C22H25N3O4S2. The summed E-state index contributed by atoms with van der Waals surface area (Å²) in [4.78, 5) is 28.2. The van der Waals surface area contributed by atoms with Crippen molar-refractivity contribution in [3.8, 4) is 0 Å². The third-order valence-electron chi connectivity index (χ3n) is 4.85. The normalized spacial score (nSPS) is 11.7. The number of unbranched alkanes of at least 4 members (excludes halogenated alkanes) is 1.